The number of anilines is 3. The van der Waals surface area contributed by atoms with Crippen LogP contribution in [0.4, 0.5) is 17.2 Å². The molecule has 5 heteroatoms. The number of benzene rings is 4. The predicted octanol–water partition coefficient (Wildman–Crippen LogP) is 9.94. The van der Waals surface area contributed by atoms with Crippen molar-refractivity contribution >= 4 is 39.1 Å². The summed E-state index contributed by atoms with van der Waals surface area (Å²) in [7, 11) is 0. The van der Waals surface area contributed by atoms with Crippen LogP contribution in [0.1, 0.15) is 25.0 Å². The van der Waals surface area contributed by atoms with E-state index in [1.807, 2.05) is 79.0 Å². The van der Waals surface area contributed by atoms with Crippen molar-refractivity contribution in [3.8, 4) is 22.8 Å². The molecule has 1 aliphatic rings. The third-order valence-electron chi connectivity index (χ3n) is 8.20. The Hall–Kier alpha value is -5.42. The molecule has 0 saturated carbocycles. The van der Waals surface area contributed by atoms with Gasteiger partial charge in [0.1, 0.15) is 28.5 Å². The van der Waals surface area contributed by atoms with Gasteiger partial charge in [-0.3, -0.25) is 9.88 Å². The minimum Gasteiger partial charge on any atom is -0.457 e. The van der Waals surface area contributed by atoms with Crippen LogP contribution in [0.25, 0.3) is 33.2 Å². The highest BCUT2D eigenvalue weighted by molar-refractivity contribution is 6.07. The maximum Gasteiger partial charge on any atom is 0.137 e. The quantitative estimate of drug-likeness (QED) is 0.220. The molecule has 4 aromatic carbocycles. The van der Waals surface area contributed by atoms with Gasteiger partial charge < -0.3 is 9.15 Å². The van der Waals surface area contributed by atoms with Gasteiger partial charge in [-0.05, 0) is 65.7 Å². The fourth-order valence-corrected chi connectivity index (χ4v) is 6.13. The van der Waals surface area contributed by atoms with Crippen molar-refractivity contribution in [1.82, 2.24) is 9.97 Å². The molecule has 0 bridgehead atoms. The first-order valence-corrected chi connectivity index (χ1v) is 14.1. The predicted molar refractivity (Wildman–Crippen MR) is 168 cm³/mol. The lowest BCUT2D eigenvalue weighted by Crippen LogP contribution is -2.31. The van der Waals surface area contributed by atoms with Gasteiger partial charge in [0.05, 0.1) is 17.1 Å². The summed E-state index contributed by atoms with van der Waals surface area (Å²) in [6.45, 7) is 4.57. The Morgan fingerprint density at radius 3 is 2.24 bits per heavy atom. The highest BCUT2D eigenvalue weighted by Crippen LogP contribution is 2.54. The van der Waals surface area contributed by atoms with Gasteiger partial charge in [0.25, 0.3) is 0 Å². The smallest absolute Gasteiger partial charge is 0.137 e. The normalized spacial score (nSPS) is 13.6. The molecule has 3 aromatic heterocycles. The van der Waals surface area contributed by atoms with Crippen molar-refractivity contribution in [3.05, 3.63) is 139 Å². The average molecular weight is 546 g/mol. The van der Waals surface area contributed by atoms with Gasteiger partial charge in [-0.2, -0.15) is 0 Å². The topological polar surface area (TPSA) is 51.4 Å². The summed E-state index contributed by atoms with van der Waals surface area (Å²) in [5.74, 6) is 2.33. The summed E-state index contributed by atoms with van der Waals surface area (Å²) in [4.78, 5) is 11.5. The zero-order chi connectivity index (χ0) is 28.3. The lowest BCUT2D eigenvalue weighted by molar-refractivity contribution is 0.482. The van der Waals surface area contributed by atoms with Crippen LogP contribution in [0, 0.1) is 0 Å². The maximum atomic E-state index is 6.46. The van der Waals surface area contributed by atoms with Crippen molar-refractivity contribution in [1.29, 1.82) is 0 Å². The van der Waals surface area contributed by atoms with Crippen LogP contribution < -0.4 is 9.64 Å². The molecule has 0 aliphatic carbocycles. The SMILES string of the molecule is CC1(C)c2ccc(Oc3cccc(-c4ccccn4)c3)cc2N(c2ccccn2)c2cc3oc4ccccc4c3cc21. The number of para-hydroxylation sites is 1. The lowest BCUT2D eigenvalue weighted by Gasteiger charge is -2.41. The molecule has 0 atom stereocenters. The van der Waals surface area contributed by atoms with Crippen molar-refractivity contribution in [2.75, 3.05) is 4.90 Å². The largest absolute Gasteiger partial charge is 0.457 e. The number of hydrogen-bond donors (Lipinski definition) is 0. The molecule has 0 fully saturated rings. The fourth-order valence-electron chi connectivity index (χ4n) is 6.13. The van der Waals surface area contributed by atoms with Crippen LogP contribution in [-0.4, -0.2) is 9.97 Å². The van der Waals surface area contributed by atoms with E-state index in [1.54, 1.807) is 6.20 Å². The second-order valence-corrected chi connectivity index (χ2v) is 11.1. The van der Waals surface area contributed by atoms with Crippen LogP contribution in [0.3, 0.4) is 0 Å². The first-order chi connectivity index (χ1) is 20.6. The molecule has 202 valence electrons. The number of pyridine rings is 2. The minimum absolute atomic E-state index is 0.278. The zero-order valence-electron chi connectivity index (χ0n) is 23.3. The summed E-state index contributed by atoms with van der Waals surface area (Å²) in [5, 5.41) is 2.24. The minimum atomic E-state index is -0.278. The molecule has 0 spiro atoms. The molecular weight excluding hydrogens is 518 g/mol. The molecule has 7 aromatic rings. The van der Waals surface area contributed by atoms with E-state index in [1.165, 1.54) is 11.1 Å². The first kappa shape index (κ1) is 24.4. The molecule has 0 unspecified atom stereocenters. The Labute approximate surface area is 243 Å². The van der Waals surface area contributed by atoms with E-state index >= 15 is 0 Å². The summed E-state index contributed by atoms with van der Waals surface area (Å²) in [6, 6.07) is 39.0. The number of ether oxygens (including phenoxy) is 1. The highest BCUT2D eigenvalue weighted by Gasteiger charge is 2.38. The first-order valence-electron chi connectivity index (χ1n) is 14.1. The van der Waals surface area contributed by atoms with Gasteiger partial charge in [0, 0.05) is 46.3 Å². The molecule has 4 heterocycles. The van der Waals surface area contributed by atoms with E-state index in [9.17, 15) is 0 Å². The van der Waals surface area contributed by atoms with Crippen molar-refractivity contribution in [3.63, 3.8) is 0 Å². The molecule has 1 aliphatic heterocycles. The number of furan rings is 1. The van der Waals surface area contributed by atoms with Crippen molar-refractivity contribution < 1.29 is 9.15 Å². The molecule has 42 heavy (non-hydrogen) atoms. The number of nitrogens with zero attached hydrogens (tertiary/aromatic N) is 3. The second kappa shape index (κ2) is 9.32. The summed E-state index contributed by atoms with van der Waals surface area (Å²) in [5.41, 5.74) is 7.87. The average Bonchev–Trinajstić information content (AvgIpc) is 3.39. The number of fused-ring (bicyclic) bond motifs is 5. The number of hydrogen-bond acceptors (Lipinski definition) is 5. The Kier molecular flexibility index (Phi) is 5.41. The third-order valence-corrected chi connectivity index (χ3v) is 8.20. The standard InChI is InChI=1S/C37H27N3O2/c1-37(2)29-17-16-26(41-25-11-9-10-24(20-25)31-13-5-7-18-38-31)21-32(29)40(36-15-6-8-19-39-36)33-23-35-28(22-30(33)37)27-12-3-4-14-34(27)42-35/h3-23H,1-2H3. The van der Waals surface area contributed by atoms with Crippen LogP contribution in [0.5, 0.6) is 11.5 Å². The highest BCUT2D eigenvalue weighted by atomic mass is 16.5. The summed E-state index contributed by atoms with van der Waals surface area (Å²) >= 11 is 0. The van der Waals surface area contributed by atoms with E-state index in [0.29, 0.717) is 0 Å². The van der Waals surface area contributed by atoms with Crippen molar-refractivity contribution in [2.24, 2.45) is 0 Å². The van der Waals surface area contributed by atoms with Gasteiger partial charge in [0.15, 0.2) is 0 Å². The molecule has 5 nitrogen and oxygen atoms in total. The Morgan fingerprint density at radius 2 is 1.40 bits per heavy atom. The Balaban J connectivity index is 1.28. The van der Waals surface area contributed by atoms with E-state index < -0.39 is 0 Å². The molecule has 0 amide bonds. The maximum absolute atomic E-state index is 6.46. The van der Waals surface area contributed by atoms with Gasteiger partial charge in [0.2, 0.25) is 0 Å². The van der Waals surface area contributed by atoms with Crippen LogP contribution in [-0.2, 0) is 5.41 Å². The van der Waals surface area contributed by atoms with Gasteiger partial charge in [-0.1, -0.05) is 62.4 Å². The van der Waals surface area contributed by atoms with E-state index in [-0.39, 0.29) is 5.41 Å². The molecule has 0 saturated heterocycles. The van der Waals surface area contributed by atoms with E-state index in [4.69, 9.17) is 14.1 Å². The molecule has 0 radical (unpaired) electrons. The van der Waals surface area contributed by atoms with Crippen LogP contribution in [0.15, 0.2) is 132 Å². The summed E-state index contributed by atoms with van der Waals surface area (Å²) < 4.78 is 12.8. The van der Waals surface area contributed by atoms with Gasteiger partial charge in [-0.25, -0.2) is 4.98 Å². The van der Waals surface area contributed by atoms with Crippen LogP contribution in [0.2, 0.25) is 0 Å². The zero-order valence-corrected chi connectivity index (χ0v) is 23.3. The Morgan fingerprint density at radius 1 is 0.619 bits per heavy atom. The lowest BCUT2D eigenvalue weighted by atomic mass is 9.73. The van der Waals surface area contributed by atoms with Gasteiger partial charge >= 0.3 is 0 Å². The monoisotopic (exact) mass is 545 g/mol. The second-order valence-electron chi connectivity index (χ2n) is 11.1. The van der Waals surface area contributed by atoms with E-state index in [2.05, 4.69) is 66.2 Å². The number of rotatable bonds is 4. The van der Waals surface area contributed by atoms with E-state index in [0.717, 1.165) is 61.9 Å². The Bertz CT molecular complexity index is 2100. The third kappa shape index (κ3) is 3.85. The molecule has 8 rings (SSSR count). The molecular formula is C37H27N3O2. The van der Waals surface area contributed by atoms with Crippen molar-refractivity contribution in [2.45, 2.75) is 19.3 Å². The summed E-state index contributed by atoms with van der Waals surface area (Å²) in [6.07, 6.45) is 3.63. The van der Waals surface area contributed by atoms with Gasteiger partial charge in [-0.15, -0.1) is 0 Å². The molecule has 0 N–H and O–H groups in total. The number of aromatic nitrogens is 2. The fraction of sp³-hybridized carbons (Fsp3) is 0.0811. The van der Waals surface area contributed by atoms with Crippen LogP contribution >= 0.6 is 0 Å².